The zero-order valence-electron chi connectivity index (χ0n) is 9.42. The third-order valence-electron chi connectivity index (χ3n) is 2.60. The van der Waals surface area contributed by atoms with Crippen molar-refractivity contribution in [3.8, 4) is 0 Å². The Bertz CT molecular complexity index is 318. The molecule has 7 nitrogen and oxygen atoms in total. The molecule has 1 aliphatic heterocycles. The van der Waals surface area contributed by atoms with Crippen LogP contribution in [0.5, 0.6) is 0 Å². The van der Waals surface area contributed by atoms with Crippen LogP contribution in [0.15, 0.2) is 0 Å². The van der Waals surface area contributed by atoms with E-state index in [9.17, 15) is 14.4 Å². The van der Waals surface area contributed by atoms with Gasteiger partial charge in [0.1, 0.15) is 19.3 Å². The number of nitrogens with zero attached hydrogens (tertiary/aromatic N) is 1. The maximum Gasteiger partial charge on any atom is 0.329 e. The van der Waals surface area contributed by atoms with Crippen molar-refractivity contribution in [2.75, 3.05) is 19.8 Å². The number of primary amides is 1. The highest BCUT2D eigenvalue weighted by atomic mass is 16.5. The number of hydrogen-bond donors (Lipinski definition) is 2. The fraction of sp³-hybridized carbons (Fsp3) is 0.700. The average Bonchev–Trinajstić information content (AvgIpc) is 2.28. The van der Waals surface area contributed by atoms with Crippen LogP contribution in [0.1, 0.15) is 19.3 Å². The van der Waals surface area contributed by atoms with Crippen LogP contribution >= 0.6 is 0 Å². The van der Waals surface area contributed by atoms with Gasteiger partial charge in [-0.05, 0) is 19.3 Å². The number of carboxylic acids is 1. The van der Waals surface area contributed by atoms with Crippen molar-refractivity contribution in [2.45, 2.75) is 25.3 Å². The Morgan fingerprint density at radius 2 is 2.00 bits per heavy atom. The lowest BCUT2D eigenvalue weighted by Gasteiger charge is -2.33. The molecule has 1 atom stereocenters. The van der Waals surface area contributed by atoms with Crippen molar-refractivity contribution in [3.05, 3.63) is 0 Å². The van der Waals surface area contributed by atoms with E-state index in [0.29, 0.717) is 13.0 Å². The lowest BCUT2D eigenvalue weighted by molar-refractivity contribution is -0.149. The molecule has 1 heterocycles. The second-order valence-corrected chi connectivity index (χ2v) is 3.89. The number of nitrogens with two attached hydrogens (primary N) is 1. The van der Waals surface area contributed by atoms with Crippen molar-refractivity contribution in [1.29, 1.82) is 0 Å². The summed E-state index contributed by atoms with van der Waals surface area (Å²) < 4.78 is 4.70. The van der Waals surface area contributed by atoms with Gasteiger partial charge in [0.2, 0.25) is 11.8 Å². The third kappa shape index (κ3) is 4.03. The number of likely N-dealkylation sites (tertiary alicyclic amines) is 1. The van der Waals surface area contributed by atoms with Gasteiger partial charge >= 0.3 is 5.97 Å². The Morgan fingerprint density at radius 3 is 2.59 bits per heavy atom. The molecular formula is C10H16N2O5. The van der Waals surface area contributed by atoms with Gasteiger partial charge in [-0.2, -0.15) is 0 Å². The first kappa shape index (κ1) is 13.4. The first-order chi connectivity index (χ1) is 8.02. The van der Waals surface area contributed by atoms with Crippen molar-refractivity contribution in [1.82, 2.24) is 4.90 Å². The van der Waals surface area contributed by atoms with Gasteiger partial charge in [0.05, 0.1) is 0 Å². The molecule has 0 bridgehead atoms. The van der Waals surface area contributed by atoms with Crippen LogP contribution in [0, 0.1) is 0 Å². The van der Waals surface area contributed by atoms with E-state index in [0.717, 1.165) is 12.8 Å². The topological polar surface area (TPSA) is 110 Å². The van der Waals surface area contributed by atoms with E-state index in [-0.39, 0.29) is 6.61 Å². The molecule has 0 aromatic carbocycles. The predicted octanol–water partition coefficient (Wildman–Crippen LogP) is -1.05. The molecule has 1 saturated heterocycles. The Balaban J connectivity index is 2.47. The molecule has 96 valence electrons. The molecule has 17 heavy (non-hydrogen) atoms. The monoisotopic (exact) mass is 244 g/mol. The molecule has 0 aromatic heterocycles. The Hall–Kier alpha value is -1.63. The van der Waals surface area contributed by atoms with Crippen molar-refractivity contribution in [2.24, 2.45) is 5.73 Å². The summed E-state index contributed by atoms with van der Waals surface area (Å²) in [6.07, 6.45) is 2.22. The lowest BCUT2D eigenvalue weighted by Crippen LogP contribution is -2.51. The average molecular weight is 244 g/mol. The van der Waals surface area contributed by atoms with Crippen LogP contribution in [0.4, 0.5) is 0 Å². The van der Waals surface area contributed by atoms with Crippen LogP contribution in [-0.4, -0.2) is 53.6 Å². The van der Waals surface area contributed by atoms with Crippen molar-refractivity contribution < 1.29 is 24.2 Å². The zero-order valence-corrected chi connectivity index (χ0v) is 9.42. The molecule has 2 amide bonds. The molecule has 0 saturated carbocycles. The van der Waals surface area contributed by atoms with Gasteiger partial charge in [0.25, 0.3) is 0 Å². The fourth-order valence-corrected chi connectivity index (χ4v) is 1.83. The minimum Gasteiger partial charge on any atom is -0.480 e. The molecule has 1 fully saturated rings. The van der Waals surface area contributed by atoms with E-state index in [1.807, 2.05) is 0 Å². The highest BCUT2D eigenvalue weighted by Gasteiger charge is 2.30. The van der Waals surface area contributed by atoms with Crippen molar-refractivity contribution in [3.63, 3.8) is 0 Å². The SMILES string of the molecule is NC(=O)C1CCCCN1C(=O)COCC(=O)O. The smallest absolute Gasteiger partial charge is 0.329 e. The van der Waals surface area contributed by atoms with Gasteiger partial charge in [-0.3, -0.25) is 9.59 Å². The highest BCUT2D eigenvalue weighted by molar-refractivity contribution is 5.87. The minimum atomic E-state index is -1.14. The van der Waals surface area contributed by atoms with Gasteiger partial charge in [0, 0.05) is 6.54 Å². The molecule has 3 N–H and O–H groups in total. The van der Waals surface area contributed by atoms with Crippen LogP contribution in [-0.2, 0) is 19.1 Å². The standard InChI is InChI=1S/C10H16N2O5/c11-10(16)7-3-1-2-4-12(7)8(13)5-17-6-9(14)15/h7H,1-6H2,(H2,11,16)(H,14,15). The number of ether oxygens (including phenoxy) is 1. The molecule has 0 aliphatic carbocycles. The lowest BCUT2D eigenvalue weighted by atomic mass is 10.0. The van der Waals surface area contributed by atoms with Gasteiger partial charge in [0.15, 0.2) is 0 Å². The summed E-state index contributed by atoms with van der Waals surface area (Å²) in [5.74, 6) is -2.06. The van der Waals surface area contributed by atoms with E-state index in [4.69, 9.17) is 15.6 Å². The summed E-state index contributed by atoms with van der Waals surface area (Å²) in [4.78, 5) is 34.4. The third-order valence-corrected chi connectivity index (χ3v) is 2.60. The summed E-state index contributed by atoms with van der Waals surface area (Å²) in [6.45, 7) is -0.403. The number of aliphatic carboxylic acids is 1. The van der Waals surface area contributed by atoms with Gasteiger partial charge < -0.3 is 20.5 Å². The maximum absolute atomic E-state index is 11.7. The first-order valence-electron chi connectivity index (χ1n) is 5.40. The Labute approximate surface area is 98.5 Å². The number of rotatable bonds is 5. The molecule has 0 spiro atoms. The largest absolute Gasteiger partial charge is 0.480 e. The number of hydrogen-bond acceptors (Lipinski definition) is 4. The predicted molar refractivity (Wildman–Crippen MR) is 57.0 cm³/mol. The number of carbonyl (C=O) groups is 3. The summed E-state index contributed by atoms with van der Waals surface area (Å²) in [5, 5.41) is 8.35. The molecule has 7 heteroatoms. The summed E-state index contributed by atoms with van der Waals surface area (Å²) >= 11 is 0. The van der Waals surface area contributed by atoms with Gasteiger partial charge in [-0.25, -0.2) is 4.79 Å². The van der Waals surface area contributed by atoms with Crippen LogP contribution < -0.4 is 5.73 Å². The van der Waals surface area contributed by atoms with E-state index in [2.05, 4.69) is 0 Å². The molecular weight excluding hydrogens is 228 g/mol. The molecule has 0 radical (unpaired) electrons. The first-order valence-corrected chi connectivity index (χ1v) is 5.40. The Kier molecular flexibility index (Phi) is 4.89. The quantitative estimate of drug-likeness (QED) is 0.641. The van der Waals surface area contributed by atoms with E-state index in [1.54, 1.807) is 0 Å². The van der Waals surface area contributed by atoms with Crippen LogP contribution in [0.3, 0.4) is 0 Å². The maximum atomic E-state index is 11.7. The summed E-state index contributed by atoms with van der Waals surface area (Å²) in [7, 11) is 0. The molecule has 1 aliphatic rings. The highest BCUT2D eigenvalue weighted by Crippen LogP contribution is 2.16. The number of piperidine rings is 1. The summed E-state index contributed by atoms with van der Waals surface area (Å²) in [5.41, 5.74) is 5.20. The van der Waals surface area contributed by atoms with E-state index >= 15 is 0 Å². The molecule has 0 aromatic rings. The summed E-state index contributed by atoms with van der Waals surface area (Å²) in [6, 6.07) is -0.593. The zero-order chi connectivity index (χ0) is 12.8. The molecule has 1 unspecified atom stereocenters. The van der Waals surface area contributed by atoms with E-state index in [1.165, 1.54) is 4.90 Å². The fourth-order valence-electron chi connectivity index (χ4n) is 1.83. The van der Waals surface area contributed by atoms with Crippen LogP contribution in [0.2, 0.25) is 0 Å². The van der Waals surface area contributed by atoms with E-state index < -0.39 is 30.4 Å². The molecule has 1 rings (SSSR count). The second kappa shape index (κ2) is 6.19. The van der Waals surface area contributed by atoms with Crippen molar-refractivity contribution >= 4 is 17.8 Å². The van der Waals surface area contributed by atoms with Gasteiger partial charge in [-0.1, -0.05) is 0 Å². The number of amides is 2. The van der Waals surface area contributed by atoms with Gasteiger partial charge in [-0.15, -0.1) is 0 Å². The second-order valence-electron chi connectivity index (χ2n) is 3.89. The Morgan fingerprint density at radius 1 is 1.29 bits per heavy atom. The number of carbonyl (C=O) groups excluding carboxylic acids is 2. The normalized spacial score (nSPS) is 20.0. The minimum absolute atomic E-state index is 0.337. The number of carboxylic acid groups (broad SMARTS) is 1. The van der Waals surface area contributed by atoms with Crippen LogP contribution in [0.25, 0.3) is 0 Å².